The van der Waals surface area contributed by atoms with E-state index in [0.29, 0.717) is 38.2 Å². The van der Waals surface area contributed by atoms with Crippen LogP contribution in [0.25, 0.3) is 22.2 Å². The summed E-state index contributed by atoms with van der Waals surface area (Å²) in [7, 11) is 0.190. The molecule has 0 unspecified atom stereocenters. The minimum atomic E-state index is -1.75. The molecule has 0 fully saturated rings. The molecular formula is C36H43N3O4Si. The molecule has 0 atom stereocenters. The van der Waals surface area contributed by atoms with Crippen molar-refractivity contribution in [3.05, 3.63) is 102 Å². The van der Waals surface area contributed by atoms with Crippen LogP contribution in [0, 0.1) is 0 Å². The number of benzene rings is 3. The first-order valence-electron chi connectivity index (χ1n) is 15.2. The molecule has 7 nitrogen and oxygen atoms in total. The smallest absolute Gasteiger partial charge is 0.226 e. The topological polar surface area (TPSA) is 67.6 Å². The van der Waals surface area contributed by atoms with E-state index in [0.717, 1.165) is 45.5 Å². The van der Waals surface area contributed by atoms with Gasteiger partial charge in [-0.25, -0.2) is 0 Å². The maximum absolute atomic E-state index is 6.30. The number of nitrogens with zero attached hydrogens (tertiary/aromatic N) is 3. The minimum absolute atomic E-state index is 0.202. The van der Waals surface area contributed by atoms with Crippen LogP contribution in [-0.2, 0) is 24.7 Å². The number of hydrogen-bond acceptors (Lipinski definition) is 6. The summed E-state index contributed by atoms with van der Waals surface area (Å²) in [5.74, 6) is 1.78. The van der Waals surface area contributed by atoms with Gasteiger partial charge >= 0.3 is 0 Å². The normalized spacial score (nSPS) is 12.0. The first-order valence-corrected chi connectivity index (χ1v) is 18.1. The summed E-state index contributed by atoms with van der Waals surface area (Å²) >= 11 is 0. The maximum atomic E-state index is 6.30. The van der Waals surface area contributed by atoms with Crippen molar-refractivity contribution in [2.75, 3.05) is 13.2 Å². The molecule has 3 aromatic carbocycles. The van der Waals surface area contributed by atoms with Gasteiger partial charge in [0.2, 0.25) is 11.8 Å². The Hall–Kier alpha value is -4.14. The van der Waals surface area contributed by atoms with E-state index < -0.39 is 8.32 Å². The lowest BCUT2D eigenvalue weighted by Crippen LogP contribution is -2.41. The first kappa shape index (κ1) is 31.3. The molecule has 0 aliphatic carbocycles. The summed E-state index contributed by atoms with van der Waals surface area (Å²) < 4.78 is 26.6. The molecule has 0 saturated carbocycles. The van der Waals surface area contributed by atoms with Gasteiger partial charge in [0, 0.05) is 37.6 Å². The third-order valence-corrected chi connectivity index (χ3v) is 12.7. The van der Waals surface area contributed by atoms with E-state index in [1.165, 1.54) is 0 Å². The fourth-order valence-corrected chi connectivity index (χ4v) is 5.66. The van der Waals surface area contributed by atoms with Crippen LogP contribution < -0.4 is 14.2 Å². The van der Waals surface area contributed by atoms with Crippen molar-refractivity contribution in [2.24, 2.45) is 7.05 Å². The molecule has 5 rings (SSSR count). The predicted octanol–water partition coefficient (Wildman–Crippen LogP) is 8.58. The molecule has 0 spiro atoms. The van der Waals surface area contributed by atoms with Gasteiger partial charge < -0.3 is 18.6 Å². The minimum Gasteiger partial charge on any atom is -0.493 e. The summed E-state index contributed by atoms with van der Waals surface area (Å²) in [6.45, 7) is 13.4. The molecule has 230 valence electrons. The van der Waals surface area contributed by atoms with Crippen molar-refractivity contribution in [3.8, 4) is 28.8 Å². The van der Waals surface area contributed by atoms with Gasteiger partial charge in [-0.3, -0.25) is 4.68 Å². The van der Waals surface area contributed by atoms with E-state index in [9.17, 15) is 0 Å². The van der Waals surface area contributed by atoms with Crippen LogP contribution in [0.2, 0.25) is 18.1 Å². The van der Waals surface area contributed by atoms with Gasteiger partial charge in [-0.05, 0) is 47.5 Å². The zero-order valence-corrected chi connectivity index (χ0v) is 27.7. The lowest BCUT2D eigenvalue weighted by molar-refractivity contribution is 0.234. The van der Waals surface area contributed by atoms with E-state index in [2.05, 4.69) is 39.9 Å². The SMILES string of the molecule is Cn1nc(-c2ccc(OCc3ccccc3)nc2OCc2ccccc2)c2ccc(OCCCO[Si](C)(C)C(C)(C)C)cc21. The highest BCUT2D eigenvalue weighted by molar-refractivity contribution is 6.74. The molecule has 0 amide bonds. The van der Waals surface area contributed by atoms with E-state index in [1.54, 1.807) is 0 Å². The van der Waals surface area contributed by atoms with Crippen LogP contribution in [0.15, 0.2) is 91.0 Å². The fourth-order valence-electron chi connectivity index (χ4n) is 4.57. The molecule has 5 aromatic rings. The standard InChI is InChI=1S/C36H43N3O4Si/c1-36(2,3)44(5,6)43-23-13-22-40-29-18-19-30-32(24-29)39(4)38-34(30)31-20-21-33(41-25-27-14-9-7-10-15-27)37-35(31)42-26-28-16-11-8-12-17-28/h7-12,14-21,24H,13,22-23,25-26H2,1-6H3. The number of ether oxygens (including phenoxy) is 3. The van der Waals surface area contributed by atoms with Crippen LogP contribution in [-0.4, -0.2) is 36.3 Å². The Morgan fingerprint density at radius 1 is 0.750 bits per heavy atom. The summed E-state index contributed by atoms with van der Waals surface area (Å²) in [6, 6.07) is 30.0. The van der Waals surface area contributed by atoms with Crippen LogP contribution in [0.4, 0.5) is 0 Å². The van der Waals surface area contributed by atoms with Gasteiger partial charge in [-0.2, -0.15) is 10.1 Å². The average Bonchev–Trinajstić information content (AvgIpc) is 3.34. The lowest BCUT2D eigenvalue weighted by Gasteiger charge is -2.36. The molecular weight excluding hydrogens is 566 g/mol. The quantitative estimate of drug-likeness (QED) is 0.0984. The molecule has 2 aromatic heterocycles. The molecule has 8 heteroatoms. The highest BCUT2D eigenvalue weighted by Crippen LogP contribution is 2.37. The number of rotatable bonds is 13. The van der Waals surface area contributed by atoms with Crippen molar-refractivity contribution in [2.45, 2.75) is 58.5 Å². The Balaban J connectivity index is 1.33. The van der Waals surface area contributed by atoms with E-state index in [4.69, 9.17) is 28.7 Å². The third kappa shape index (κ3) is 7.67. The Kier molecular flexibility index (Phi) is 9.71. The Morgan fingerprint density at radius 3 is 2.07 bits per heavy atom. The van der Waals surface area contributed by atoms with Crippen LogP contribution in [0.3, 0.4) is 0 Å². The van der Waals surface area contributed by atoms with Gasteiger partial charge in [-0.15, -0.1) is 0 Å². The average molecular weight is 610 g/mol. The molecule has 0 aliphatic heterocycles. The van der Waals surface area contributed by atoms with Crippen LogP contribution in [0.1, 0.15) is 38.3 Å². The number of aryl methyl sites for hydroxylation is 1. The molecule has 0 bridgehead atoms. The van der Waals surface area contributed by atoms with E-state index >= 15 is 0 Å². The summed E-state index contributed by atoms with van der Waals surface area (Å²) in [5, 5.41) is 6.08. The van der Waals surface area contributed by atoms with Crippen molar-refractivity contribution in [1.29, 1.82) is 0 Å². The lowest BCUT2D eigenvalue weighted by atomic mass is 10.1. The third-order valence-electron chi connectivity index (χ3n) is 8.19. The van der Waals surface area contributed by atoms with Gasteiger partial charge in [0.1, 0.15) is 24.7 Å². The van der Waals surface area contributed by atoms with E-state index in [-0.39, 0.29) is 5.04 Å². The summed E-state index contributed by atoms with van der Waals surface area (Å²) in [5.41, 5.74) is 4.69. The van der Waals surface area contributed by atoms with Gasteiger partial charge in [-0.1, -0.05) is 81.4 Å². The van der Waals surface area contributed by atoms with E-state index in [1.807, 2.05) is 96.7 Å². The Bertz CT molecular complexity index is 1660. The first-order chi connectivity index (χ1) is 21.1. The van der Waals surface area contributed by atoms with Crippen molar-refractivity contribution < 1.29 is 18.6 Å². The fraction of sp³-hybridized carbons (Fsp3) is 0.333. The second kappa shape index (κ2) is 13.7. The second-order valence-corrected chi connectivity index (χ2v) is 17.3. The second-order valence-electron chi connectivity index (χ2n) is 12.5. The van der Waals surface area contributed by atoms with Gasteiger partial charge in [0.05, 0.1) is 17.7 Å². The number of aromatic nitrogens is 3. The van der Waals surface area contributed by atoms with Crippen LogP contribution in [0.5, 0.6) is 17.5 Å². The van der Waals surface area contributed by atoms with Gasteiger partial charge in [0.15, 0.2) is 8.32 Å². The molecule has 0 aliphatic rings. The molecule has 2 heterocycles. The molecule has 0 N–H and O–H groups in total. The highest BCUT2D eigenvalue weighted by Gasteiger charge is 2.36. The van der Waals surface area contributed by atoms with Gasteiger partial charge in [0.25, 0.3) is 0 Å². The largest absolute Gasteiger partial charge is 0.493 e. The summed E-state index contributed by atoms with van der Waals surface area (Å²) in [6.07, 6.45) is 0.841. The zero-order chi connectivity index (χ0) is 31.2. The number of pyridine rings is 1. The maximum Gasteiger partial charge on any atom is 0.226 e. The molecule has 0 saturated heterocycles. The number of fused-ring (bicyclic) bond motifs is 1. The highest BCUT2D eigenvalue weighted by atomic mass is 28.4. The monoisotopic (exact) mass is 609 g/mol. The molecule has 0 radical (unpaired) electrons. The van der Waals surface area contributed by atoms with Crippen molar-refractivity contribution in [1.82, 2.24) is 14.8 Å². The van der Waals surface area contributed by atoms with Crippen molar-refractivity contribution >= 4 is 19.2 Å². The Labute approximate surface area is 261 Å². The van der Waals surface area contributed by atoms with Crippen LogP contribution >= 0.6 is 0 Å². The summed E-state index contributed by atoms with van der Waals surface area (Å²) in [4.78, 5) is 4.78. The van der Waals surface area contributed by atoms with Crippen molar-refractivity contribution in [3.63, 3.8) is 0 Å². The molecule has 44 heavy (non-hydrogen) atoms. The predicted molar refractivity (Wildman–Crippen MR) is 179 cm³/mol. The number of hydrogen-bond donors (Lipinski definition) is 0. The zero-order valence-electron chi connectivity index (χ0n) is 26.7. The Morgan fingerprint density at radius 2 is 1.41 bits per heavy atom.